The molecule has 3 N–H and O–H groups in total. The van der Waals surface area contributed by atoms with Gasteiger partial charge in [0.25, 0.3) is 0 Å². The van der Waals surface area contributed by atoms with Gasteiger partial charge in [-0.3, -0.25) is 4.79 Å². The fraction of sp³-hybridized carbons (Fsp3) is 0.667. The molecule has 3 nitrogen and oxygen atoms in total. The first-order valence-electron chi connectivity index (χ1n) is 1.63. The van der Waals surface area contributed by atoms with Crippen LogP contribution >= 0.6 is 0 Å². The van der Waals surface area contributed by atoms with Crippen molar-refractivity contribution in [3.05, 3.63) is 0 Å². The second kappa shape index (κ2) is 4.12. The van der Waals surface area contributed by atoms with Crippen molar-refractivity contribution in [2.45, 2.75) is 13.0 Å². The van der Waals surface area contributed by atoms with Crippen LogP contribution in [0.3, 0.4) is 0 Å². The minimum absolute atomic E-state index is 0. The fourth-order valence-corrected chi connectivity index (χ4v) is 0. The van der Waals surface area contributed by atoms with Crippen LogP contribution in [0.15, 0.2) is 0 Å². The van der Waals surface area contributed by atoms with E-state index in [0.717, 1.165) is 0 Å². The second-order valence-electron chi connectivity index (χ2n) is 1.13. The number of carbonyl (C=O) groups is 1. The molecular formula is C3H7FeNO2. The van der Waals surface area contributed by atoms with Gasteiger partial charge in [0.1, 0.15) is 6.04 Å². The molecule has 4 heteroatoms. The standard InChI is InChI=1S/C3H7NO2.Fe/c1-2(4)3(5)6;/h2H,4H2,1H3,(H,5,6);. The van der Waals surface area contributed by atoms with Crippen molar-refractivity contribution in [3.63, 3.8) is 0 Å². The summed E-state index contributed by atoms with van der Waals surface area (Å²) in [6.07, 6.45) is 0. The Morgan fingerprint density at radius 2 is 2.00 bits per heavy atom. The van der Waals surface area contributed by atoms with Gasteiger partial charge in [0.05, 0.1) is 0 Å². The number of aliphatic carboxylic acids is 1. The Kier molecular flexibility index (Phi) is 5.91. The molecule has 0 saturated carbocycles. The Balaban J connectivity index is 0. The number of nitrogens with two attached hydrogens (primary N) is 1. The van der Waals surface area contributed by atoms with Crippen molar-refractivity contribution in [2.24, 2.45) is 5.73 Å². The second-order valence-corrected chi connectivity index (χ2v) is 1.13. The molecule has 0 rings (SSSR count). The van der Waals surface area contributed by atoms with Crippen molar-refractivity contribution in [3.8, 4) is 0 Å². The number of hydrogen-bond donors (Lipinski definition) is 2. The van der Waals surface area contributed by atoms with Crippen LogP contribution < -0.4 is 5.73 Å². The molecule has 0 heterocycles. The molecule has 44 valence electrons. The van der Waals surface area contributed by atoms with Crippen molar-refractivity contribution in [2.75, 3.05) is 0 Å². The predicted molar refractivity (Wildman–Crippen MR) is 21.3 cm³/mol. The van der Waals surface area contributed by atoms with Gasteiger partial charge in [0, 0.05) is 17.1 Å². The Hall–Kier alpha value is -0.0505. The van der Waals surface area contributed by atoms with E-state index >= 15 is 0 Å². The van der Waals surface area contributed by atoms with Crippen molar-refractivity contribution in [1.29, 1.82) is 0 Å². The molecule has 1 atom stereocenters. The van der Waals surface area contributed by atoms with Gasteiger partial charge in [-0.15, -0.1) is 0 Å². The summed E-state index contributed by atoms with van der Waals surface area (Å²) in [7, 11) is 0. The molecule has 1 unspecified atom stereocenters. The molecule has 0 aromatic carbocycles. The first-order valence-corrected chi connectivity index (χ1v) is 1.63. The van der Waals surface area contributed by atoms with Gasteiger partial charge in [-0.1, -0.05) is 0 Å². The number of carboxylic acid groups (broad SMARTS) is 1. The third-order valence-electron chi connectivity index (χ3n) is 0.390. The van der Waals surface area contributed by atoms with Crippen LogP contribution in [-0.4, -0.2) is 17.1 Å². The van der Waals surface area contributed by atoms with Crippen LogP contribution in [0.4, 0.5) is 0 Å². The van der Waals surface area contributed by atoms with Crippen molar-refractivity contribution < 1.29 is 27.0 Å². The van der Waals surface area contributed by atoms with Gasteiger partial charge >= 0.3 is 5.97 Å². The van der Waals surface area contributed by atoms with E-state index in [1.54, 1.807) is 0 Å². The molecule has 0 aliphatic heterocycles. The van der Waals surface area contributed by atoms with Crippen LogP contribution in [0.2, 0.25) is 0 Å². The largest absolute Gasteiger partial charge is 0.480 e. The monoisotopic (exact) mass is 145 g/mol. The zero-order valence-electron chi connectivity index (χ0n) is 3.86. The van der Waals surface area contributed by atoms with Crippen LogP contribution in [0.5, 0.6) is 0 Å². The predicted octanol–water partition coefficient (Wildman–Crippen LogP) is -0.584. The fourth-order valence-electron chi connectivity index (χ4n) is 0. The van der Waals surface area contributed by atoms with Crippen molar-refractivity contribution in [1.82, 2.24) is 0 Å². The number of carboxylic acids is 1. The van der Waals surface area contributed by atoms with Gasteiger partial charge in [-0.05, 0) is 6.92 Å². The van der Waals surface area contributed by atoms with E-state index in [1.165, 1.54) is 6.92 Å². The summed E-state index contributed by atoms with van der Waals surface area (Å²) in [5, 5.41) is 7.87. The molecule has 0 aromatic heterocycles. The maximum Gasteiger partial charge on any atom is 0.320 e. The zero-order chi connectivity index (χ0) is 5.15. The van der Waals surface area contributed by atoms with Crippen LogP contribution in [0, 0.1) is 0 Å². The van der Waals surface area contributed by atoms with Crippen LogP contribution in [0.25, 0.3) is 0 Å². The Morgan fingerprint density at radius 1 is 1.86 bits per heavy atom. The van der Waals surface area contributed by atoms with E-state index in [9.17, 15) is 4.79 Å². The third-order valence-corrected chi connectivity index (χ3v) is 0.390. The maximum atomic E-state index is 9.57. The smallest absolute Gasteiger partial charge is 0.320 e. The summed E-state index contributed by atoms with van der Waals surface area (Å²) in [6.45, 7) is 1.42. The molecule has 7 heavy (non-hydrogen) atoms. The average Bonchev–Trinajstić information content (AvgIpc) is 1.36. The number of hydrogen-bond acceptors (Lipinski definition) is 2. The molecule has 0 radical (unpaired) electrons. The average molecular weight is 145 g/mol. The molecule has 0 amide bonds. The summed E-state index contributed by atoms with van der Waals surface area (Å²) in [6, 6.07) is -0.731. The van der Waals surface area contributed by atoms with Gasteiger partial charge < -0.3 is 10.8 Å². The van der Waals surface area contributed by atoms with E-state index in [0.29, 0.717) is 0 Å². The SMILES string of the molecule is CC(N)C(=O)O.[Fe]. The normalized spacial score (nSPS) is 11.7. The molecule has 0 bridgehead atoms. The van der Waals surface area contributed by atoms with Crippen LogP contribution in [-0.2, 0) is 21.9 Å². The third kappa shape index (κ3) is 5.95. The van der Waals surface area contributed by atoms with Gasteiger partial charge in [0.15, 0.2) is 0 Å². The van der Waals surface area contributed by atoms with Gasteiger partial charge in [-0.25, -0.2) is 0 Å². The van der Waals surface area contributed by atoms with E-state index in [4.69, 9.17) is 10.8 Å². The van der Waals surface area contributed by atoms with E-state index < -0.39 is 12.0 Å². The Labute approximate surface area is 52.4 Å². The van der Waals surface area contributed by atoms with Gasteiger partial charge in [0.2, 0.25) is 0 Å². The summed E-state index contributed by atoms with van der Waals surface area (Å²) in [4.78, 5) is 9.57. The van der Waals surface area contributed by atoms with E-state index in [2.05, 4.69) is 0 Å². The Bertz CT molecular complexity index is 64.0. The molecule has 0 aromatic rings. The topological polar surface area (TPSA) is 63.3 Å². The molecule has 0 aliphatic rings. The van der Waals surface area contributed by atoms with E-state index in [-0.39, 0.29) is 17.1 Å². The summed E-state index contributed by atoms with van der Waals surface area (Å²) < 4.78 is 0. The number of rotatable bonds is 1. The first-order chi connectivity index (χ1) is 2.64. The minimum Gasteiger partial charge on any atom is -0.480 e. The molecule has 0 aliphatic carbocycles. The quantitative estimate of drug-likeness (QED) is 0.485. The van der Waals surface area contributed by atoms with Crippen molar-refractivity contribution >= 4 is 5.97 Å². The molecule has 0 saturated heterocycles. The summed E-state index contributed by atoms with van der Waals surface area (Å²) in [5.74, 6) is -0.963. The summed E-state index contributed by atoms with van der Waals surface area (Å²) >= 11 is 0. The molecular weight excluding hydrogens is 138 g/mol. The zero-order valence-corrected chi connectivity index (χ0v) is 4.97. The van der Waals surface area contributed by atoms with E-state index in [1.807, 2.05) is 0 Å². The Morgan fingerprint density at radius 3 is 2.00 bits per heavy atom. The first kappa shape index (κ1) is 10.0. The maximum absolute atomic E-state index is 9.57. The summed E-state index contributed by atoms with van der Waals surface area (Å²) in [5.41, 5.74) is 4.84. The van der Waals surface area contributed by atoms with Gasteiger partial charge in [-0.2, -0.15) is 0 Å². The van der Waals surface area contributed by atoms with Crippen LogP contribution in [0.1, 0.15) is 6.92 Å². The molecule has 0 fully saturated rings. The minimum atomic E-state index is -0.963. The molecule has 0 spiro atoms.